The molecule has 147 valence electrons. The van der Waals surface area contributed by atoms with Crippen molar-refractivity contribution in [1.29, 1.82) is 0 Å². The van der Waals surface area contributed by atoms with Crippen LogP contribution in [-0.2, 0) is 9.47 Å². The Kier molecular flexibility index (Phi) is 7.37. The maximum absolute atomic E-state index is 12.4. The summed E-state index contributed by atoms with van der Waals surface area (Å²) in [5, 5.41) is 3.45. The molecule has 0 spiro atoms. The quantitative estimate of drug-likeness (QED) is 0.469. The van der Waals surface area contributed by atoms with Gasteiger partial charge in [-0.1, -0.05) is 5.92 Å². The Bertz CT molecular complexity index is 676. The number of benzene rings is 1. The van der Waals surface area contributed by atoms with Gasteiger partial charge in [0, 0.05) is 25.7 Å². The molecular weight excluding hydrogens is 344 g/mol. The van der Waals surface area contributed by atoms with Gasteiger partial charge in [-0.2, -0.15) is 0 Å². The lowest BCUT2D eigenvalue weighted by Crippen LogP contribution is -2.47. The Hall–Kier alpha value is -2.39. The van der Waals surface area contributed by atoms with Crippen LogP contribution in [0.3, 0.4) is 0 Å². The molecule has 1 aliphatic rings. The Morgan fingerprint density at radius 3 is 2.89 bits per heavy atom. The van der Waals surface area contributed by atoms with Gasteiger partial charge in [-0.15, -0.1) is 6.42 Å². The van der Waals surface area contributed by atoms with Crippen LogP contribution in [-0.4, -0.2) is 49.1 Å². The second-order valence-electron chi connectivity index (χ2n) is 7.42. The van der Waals surface area contributed by atoms with E-state index < -0.39 is 5.60 Å². The summed E-state index contributed by atoms with van der Waals surface area (Å²) >= 11 is 0. The van der Waals surface area contributed by atoms with Crippen molar-refractivity contribution in [2.75, 3.05) is 31.8 Å². The number of ether oxygens (including phenoxy) is 3. The SMILES string of the molecule is C#Cc1c[c]cc(OCOCC)c1N[C@@H]1CCCN(C(=O)OC(C)(C)C)C1. The van der Waals surface area contributed by atoms with Crippen molar-refractivity contribution < 1.29 is 19.0 Å². The van der Waals surface area contributed by atoms with Crippen LogP contribution < -0.4 is 10.1 Å². The average Bonchev–Trinajstić information content (AvgIpc) is 2.62. The van der Waals surface area contributed by atoms with Gasteiger partial charge in [0.1, 0.15) is 11.4 Å². The normalized spacial score (nSPS) is 17.1. The summed E-state index contributed by atoms with van der Waals surface area (Å²) in [6.07, 6.45) is 7.16. The molecule has 0 unspecified atom stereocenters. The molecule has 1 atom stereocenters. The van der Waals surface area contributed by atoms with E-state index in [2.05, 4.69) is 17.3 Å². The third kappa shape index (κ3) is 6.37. The number of anilines is 1. The van der Waals surface area contributed by atoms with Gasteiger partial charge in [0.25, 0.3) is 0 Å². The molecule has 2 rings (SSSR count). The predicted molar refractivity (Wildman–Crippen MR) is 105 cm³/mol. The lowest BCUT2D eigenvalue weighted by Gasteiger charge is -2.35. The van der Waals surface area contributed by atoms with E-state index >= 15 is 0 Å². The molecule has 6 heteroatoms. The van der Waals surface area contributed by atoms with Crippen molar-refractivity contribution in [2.24, 2.45) is 0 Å². The van der Waals surface area contributed by atoms with Crippen LogP contribution in [0.5, 0.6) is 5.75 Å². The summed E-state index contributed by atoms with van der Waals surface area (Å²) in [7, 11) is 0. The van der Waals surface area contributed by atoms with Crippen molar-refractivity contribution in [3.63, 3.8) is 0 Å². The van der Waals surface area contributed by atoms with Crippen molar-refractivity contribution in [3.05, 3.63) is 23.8 Å². The number of amides is 1. The Balaban J connectivity index is 2.09. The first-order chi connectivity index (χ1) is 12.8. The summed E-state index contributed by atoms with van der Waals surface area (Å²) in [5.41, 5.74) is 0.884. The van der Waals surface area contributed by atoms with E-state index in [9.17, 15) is 4.79 Å². The molecular formula is C21H29N2O4. The molecule has 6 nitrogen and oxygen atoms in total. The molecule has 1 aromatic rings. The average molecular weight is 373 g/mol. The molecule has 0 aromatic heterocycles. The van der Waals surface area contributed by atoms with E-state index in [1.54, 1.807) is 17.0 Å². The maximum atomic E-state index is 12.4. The number of piperidine rings is 1. The van der Waals surface area contributed by atoms with Crippen LogP contribution in [0.15, 0.2) is 12.1 Å². The molecule has 0 bridgehead atoms. The predicted octanol–water partition coefficient (Wildman–Crippen LogP) is 3.65. The number of terminal acetylenes is 1. The van der Waals surface area contributed by atoms with E-state index in [0.29, 0.717) is 31.0 Å². The summed E-state index contributed by atoms with van der Waals surface area (Å²) < 4.78 is 16.4. The Morgan fingerprint density at radius 1 is 1.44 bits per heavy atom. The zero-order chi connectivity index (χ0) is 19.9. The molecule has 1 heterocycles. The van der Waals surface area contributed by atoms with Crippen LogP contribution in [0.2, 0.25) is 0 Å². The lowest BCUT2D eigenvalue weighted by atomic mass is 10.0. The van der Waals surface area contributed by atoms with Gasteiger partial charge >= 0.3 is 6.09 Å². The molecule has 1 N–H and O–H groups in total. The van der Waals surface area contributed by atoms with E-state index in [0.717, 1.165) is 18.5 Å². The van der Waals surface area contributed by atoms with Crippen LogP contribution in [0.1, 0.15) is 46.1 Å². The fourth-order valence-electron chi connectivity index (χ4n) is 2.83. The molecule has 1 aromatic carbocycles. The zero-order valence-electron chi connectivity index (χ0n) is 16.6. The van der Waals surface area contributed by atoms with E-state index in [1.807, 2.05) is 27.7 Å². The molecule has 1 radical (unpaired) electrons. The number of likely N-dealkylation sites (tertiary alicyclic amines) is 1. The topological polar surface area (TPSA) is 60.0 Å². The van der Waals surface area contributed by atoms with Crippen molar-refractivity contribution >= 4 is 11.8 Å². The maximum Gasteiger partial charge on any atom is 0.410 e. The lowest BCUT2D eigenvalue weighted by molar-refractivity contribution is 0.0205. The second kappa shape index (κ2) is 9.52. The minimum atomic E-state index is -0.510. The van der Waals surface area contributed by atoms with Gasteiger partial charge in [-0.05, 0) is 58.7 Å². The number of hydrogen-bond acceptors (Lipinski definition) is 5. The molecule has 1 amide bonds. The minimum Gasteiger partial charge on any atom is -0.465 e. The van der Waals surface area contributed by atoms with Crippen molar-refractivity contribution in [2.45, 2.75) is 52.2 Å². The van der Waals surface area contributed by atoms with Gasteiger partial charge in [0.05, 0.1) is 11.3 Å². The first-order valence-corrected chi connectivity index (χ1v) is 9.29. The Labute approximate surface area is 162 Å². The molecule has 1 aliphatic heterocycles. The highest BCUT2D eigenvalue weighted by molar-refractivity contribution is 5.69. The number of nitrogens with one attached hydrogen (secondary N) is 1. The summed E-state index contributed by atoms with van der Waals surface area (Å²) in [6.45, 7) is 9.44. The third-order valence-corrected chi connectivity index (χ3v) is 4.04. The van der Waals surface area contributed by atoms with Gasteiger partial charge in [-0.25, -0.2) is 4.79 Å². The minimum absolute atomic E-state index is 0.0511. The Morgan fingerprint density at radius 2 is 2.22 bits per heavy atom. The number of rotatable bonds is 6. The third-order valence-electron chi connectivity index (χ3n) is 4.04. The monoisotopic (exact) mass is 373 g/mol. The molecule has 27 heavy (non-hydrogen) atoms. The largest absolute Gasteiger partial charge is 0.465 e. The van der Waals surface area contributed by atoms with Gasteiger partial charge in [0.2, 0.25) is 0 Å². The number of hydrogen-bond donors (Lipinski definition) is 1. The van der Waals surface area contributed by atoms with E-state index in [-0.39, 0.29) is 18.9 Å². The van der Waals surface area contributed by atoms with Crippen molar-refractivity contribution in [1.82, 2.24) is 4.90 Å². The summed E-state index contributed by atoms with van der Waals surface area (Å²) in [5.74, 6) is 3.25. The van der Waals surface area contributed by atoms with E-state index in [1.165, 1.54) is 0 Å². The van der Waals surface area contributed by atoms with Gasteiger partial charge in [0.15, 0.2) is 6.79 Å². The number of carbonyl (C=O) groups excluding carboxylic acids is 1. The smallest absolute Gasteiger partial charge is 0.410 e. The zero-order valence-corrected chi connectivity index (χ0v) is 16.6. The van der Waals surface area contributed by atoms with Crippen LogP contribution in [0.4, 0.5) is 10.5 Å². The molecule has 0 aliphatic carbocycles. The number of nitrogens with zero attached hydrogens (tertiary/aromatic N) is 1. The van der Waals surface area contributed by atoms with Crippen LogP contribution in [0, 0.1) is 18.4 Å². The molecule has 1 saturated heterocycles. The van der Waals surface area contributed by atoms with Gasteiger partial charge < -0.3 is 24.4 Å². The van der Waals surface area contributed by atoms with E-state index in [4.69, 9.17) is 20.6 Å². The fraction of sp³-hybridized carbons (Fsp3) is 0.571. The highest BCUT2D eigenvalue weighted by atomic mass is 16.7. The molecule has 1 fully saturated rings. The first-order valence-electron chi connectivity index (χ1n) is 9.29. The highest BCUT2D eigenvalue weighted by Gasteiger charge is 2.28. The second-order valence-corrected chi connectivity index (χ2v) is 7.42. The summed E-state index contributed by atoms with van der Waals surface area (Å²) in [6, 6.07) is 6.51. The molecule has 0 saturated carbocycles. The fourth-order valence-corrected chi connectivity index (χ4v) is 2.83. The van der Waals surface area contributed by atoms with Gasteiger partial charge in [-0.3, -0.25) is 0 Å². The standard InChI is InChI=1S/C21H29N2O4/c1-6-16-10-8-12-18(26-15-25-7-2)19(16)22-17-11-9-13-23(14-17)20(24)27-21(3,4)5/h1,10,12,17,22H,7,9,11,13-15H2,2-5H3/t17-/m1/s1. The highest BCUT2D eigenvalue weighted by Crippen LogP contribution is 2.30. The first kappa shape index (κ1) is 20.9. The summed E-state index contributed by atoms with van der Waals surface area (Å²) in [4.78, 5) is 14.1. The number of carbonyl (C=O) groups is 1. The van der Waals surface area contributed by atoms with Crippen LogP contribution in [0.25, 0.3) is 0 Å². The van der Waals surface area contributed by atoms with Crippen LogP contribution >= 0.6 is 0 Å². The van der Waals surface area contributed by atoms with Crippen molar-refractivity contribution in [3.8, 4) is 18.1 Å².